The summed E-state index contributed by atoms with van der Waals surface area (Å²) in [7, 11) is 0. The molecule has 15 heavy (non-hydrogen) atoms. The number of amides is 1. The average Bonchev–Trinajstić information content (AvgIpc) is 2.15. The van der Waals surface area contributed by atoms with E-state index in [1.165, 1.54) is 6.92 Å². The van der Waals surface area contributed by atoms with E-state index >= 15 is 0 Å². The molecule has 1 aromatic carbocycles. The molecule has 0 atom stereocenters. The number of benzene rings is 1. The Morgan fingerprint density at radius 1 is 1.53 bits per heavy atom. The van der Waals surface area contributed by atoms with Gasteiger partial charge in [-0.2, -0.15) is 0 Å². The summed E-state index contributed by atoms with van der Waals surface area (Å²) in [5, 5.41) is 14.2. The van der Waals surface area contributed by atoms with Crippen molar-refractivity contribution in [2.24, 2.45) is 0 Å². The van der Waals surface area contributed by atoms with Crippen LogP contribution in [0.1, 0.15) is 6.92 Å². The van der Waals surface area contributed by atoms with Crippen LogP contribution in [0.4, 0.5) is 17.1 Å². The predicted octanol–water partition coefficient (Wildman–Crippen LogP) is 0.631. The first-order valence-electron chi connectivity index (χ1n) is 4.65. The number of aliphatic hydroxyl groups is 1. The van der Waals surface area contributed by atoms with Crippen LogP contribution in [0.5, 0.6) is 0 Å². The van der Waals surface area contributed by atoms with Crippen molar-refractivity contribution in [2.75, 3.05) is 29.5 Å². The van der Waals surface area contributed by atoms with E-state index in [0.717, 1.165) is 5.69 Å². The summed E-state index contributed by atoms with van der Waals surface area (Å²) in [6.07, 6.45) is 0. The number of hydrogen-bond acceptors (Lipinski definition) is 4. The van der Waals surface area contributed by atoms with E-state index < -0.39 is 0 Å². The molecule has 0 aromatic heterocycles. The first-order chi connectivity index (χ1) is 7.13. The largest absolute Gasteiger partial charge is 0.397 e. The summed E-state index contributed by atoms with van der Waals surface area (Å²) in [6, 6.07) is 5.18. The number of aliphatic hydroxyl groups excluding tert-OH is 1. The van der Waals surface area contributed by atoms with Crippen molar-refractivity contribution in [2.45, 2.75) is 6.92 Å². The molecule has 1 rings (SSSR count). The van der Waals surface area contributed by atoms with E-state index in [9.17, 15) is 4.79 Å². The topological polar surface area (TPSA) is 87.4 Å². The van der Waals surface area contributed by atoms with Crippen LogP contribution in [-0.2, 0) is 4.79 Å². The van der Waals surface area contributed by atoms with Crippen molar-refractivity contribution < 1.29 is 9.90 Å². The van der Waals surface area contributed by atoms with Gasteiger partial charge in [0.05, 0.1) is 18.0 Å². The zero-order valence-corrected chi connectivity index (χ0v) is 8.58. The van der Waals surface area contributed by atoms with Gasteiger partial charge in [0.2, 0.25) is 5.91 Å². The fourth-order valence-electron chi connectivity index (χ4n) is 1.20. The molecule has 0 radical (unpaired) electrons. The number of anilines is 3. The molecule has 82 valence electrons. The number of nitrogen functional groups attached to an aromatic ring is 1. The zero-order chi connectivity index (χ0) is 11.3. The lowest BCUT2D eigenvalue weighted by Crippen LogP contribution is -2.09. The van der Waals surface area contributed by atoms with Crippen molar-refractivity contribution in [1.29, 1.82) is 0 Å². The smallest absolute Gasteiger partial charge is 0.221 e. The molecule has 1 aromatic rings. The van der Waals surface area contributed by atoms with Gasteiger partial charge < -0.3 is 21.5 Å². The Bertz CT molecular complexity index is 353. The average molecular weight is 209 g/mol. The van der Waals surface area contributed by atoms with Gasteiger partial charge in [-0.15, -0.1) is 0 Å². The number of hydrogen-bond donors (Lipinski definition) is 4. The summed E-state index contributed by atoms with van der Waals surface area (Å²) in [5.74, 6) is -0.134. The Labute approximate surface area is 88.3 Å². The van der Waals surface area contributed by atoms with Crippen molar-refractivity contribution in [3.05, 3.63) is 18.2 Å². The molecule has 0 aliphatic carbocycles. The summed E-state index contributed by atoms with van der Waals surface area (Å²) in [4.78, 5) is 10.8. The second kappa shape index (κ2) is 5.21. The minimum atomic E-state index is -0.134. The third kappa shape index (κ3) is 3.47. The summed E-state index contributed by atoms with van der Waals surface area (Å²) in [5.41, 5.74) is 7.69. The standard InChI is InChI=1S/C10H15N3O2/c1-7(15)13-8-2-3-10(9(11)6-8)12-4-5-14/h2-3,6,12,14H,4-5,11H2,1H3,(H,13,15). The number of carbonyl (C=O) groups is 1. The highest BCUT2D eigenvalue weighted by Gasteiger charge is 2.01. The van der Waals surface area contributed by atoms with Gasteiger partial charge in [0.1, 0.15) is 0 Å². The zero-order valence-electron chi connectivity index (χ0n) is 8.58. The highest BCUT2D eigenvalue weighted by molar-refractivity contribution is 5.90. The van der Waals surface area contributed by atoms with Crippen LogP contribution in [0.25, 0.3) is 0 Å². The van der Waals surface area contributed by atoms with Crippen LogP contribution < -0.4 is 16.4 Å². The molecule has 5 nitrogen and oxygen atoms in total. The van der Waals surface area contributed by atoms with Gasteiger partial charge in [-0.1, -0.05) is 0 Å². The second-order valence-corrected chi connectivity index (χ2v) is 3.13. The van der Waals surface area contributed by atoms with E-state index in [2.05, 4.69) is 10.6 Å². The van der Waals surface area contributed by atoms with Crippen LogP contribution in [0.15, 0.2) is 18.2 Å². The maximum atomic E-state index is 10.8. The second-order valence-electron chi connectivity index (χ2n) is 3.13. The Hall–Kier alpha value is -1.75. The van der Waals surface area contributed by atoms with E-state index in [4.69, 9.17) is 10.8 Å². The van der Waals surface area contributed by atoms with E-state index in [-0.39, 0.29) is 12.5 Å². The molecule has 0 bridgehead atoms. The maximum Gasteiger partial charge on any atom is 0.221 e. The highest BCUT2D eigenvalue weighted by atomic mass is 16.3. The molecular formula is C10H15N3O2. The van der Waals surface area contributed by atoms with Crippen molar-refractivity contribution in [3.63, 3.8) is 0 Å². The Morgan fingerprint density at radius 2 is 2.27 bits per heavy atom. The highest BCUT2D eigenvalue weighted by Crippen LogP contribution is 2.22. The molecule has 0 aliphatic rings. The predicted molar refractivity (Wildman–Crippen MR) is 60.7 cm³/mol. The van der Waals surface area contributed by atoms with E-state index in [1.807, 2.05) is 0 Å². The van der Waals surface area contributed by atoms with E-state index in [1.54, 1.807) is 18.2 Å². The van der Waals surface area contributed by atoms with Crippen LogP contribution in [0, 0.1) is 0 Å². The summed E-state index contributed by atoms with van der Waals surface area (Å²) >= 11 is 0. The lowest BCUT2D eigenvalue weighted by atomic mass is 10.2. The molecule has 0 unspecified atom stereocenters. The van der Waals surface area contributed by atoms with E-state index in [0.29, 0.717) is 17.9 Å². The minimum Gasteiger partial charge on any atom is -0.397 e. The minimum absolute atomic E-state index is 0.0485. The molecule has 5 N–H and O–H groups in total. The van der Waals surface area contributed by atoms with Gasteiger partial charge in [-0.05, 0) is 18.2 Å². The molecular weight excluding hydrogens is 194 g/mol. The molecule has 0 aliphatic heterocycles. The SMILES string of the molecule is CC(=O)Nc1ccc(NCCO)c(N)c1. The summed E-state index contributed by atoms with van der Waals surface area (Å²) < 4.78 is 0. The first-order valence-corrected chi connectivity index (χ1v) is 4.65. The fourth-order valence-corrected chi connectivity index (χ4v) is 1.20. The van der Waals surface area contributed by atoms with Gasteiger partial charge in [-0.3, -0.25) is 4.79 Å². The molecule has 0 heterocycles. The molecule has 0 fully saturated rings. The van der Waals surface area contributed by atoms with Crippen LogP contribution in [0.2, 0.25) is 0 Å². The van der Waals surface area contributed by atoms with Gasteiger partial charge in [-0.25, -0.2) is 0 Å². The number of nitrogens with one attached hydrogen (secondary N) is 2. The lowest BCUT2D eigenvalue weighted by molar-refractivity contribution is -0.114. The van der Waals surface area contributed by atoms with Crippen molar-refractivity contribution in [1.82, 2.24) is 0 Å². The molecule has 1 amide bonds. The van der Waals surface area contributed by atoms with Gasteiger partial charge in [0.25, 0.3) is 0 Å². The Balaban J connectivity index is 2.74. The normalized spacial score (nSPS) is 9.73. The lowest BCUT2D eigenvalue weighted by Gasteiger charge is -2.09. The van der Waals surface area contributed by atoms with Crippen molar-refractivity contribution >= 4 is 23.0 Å². The van der Waals surface area contributed by atoms with Crippen LogP contribution in [-0.4, -0.2) is 24.2 Å². The molecule has 0 saturated heterocycles. The number of rotatable bonds is 4. The van der Waals surface area contributed by atoms with Gasteiger partial charge >= 0.3 is 0 Å². The van der Waals surface area contributed by atoms with Gasteiger partial charge in [0, 0.05) is 19.2 Å². The number of nitrogens with two attached hydrogens (primary N) is 1. The van der Waals surface area contributed by atoms with Gasteiger partial charge in [0.15, 0.2) is 0 Å². The monoisotopic (exact) mass is 209 g/mol. The quantitative estimate of drug-likeness (QED) is 0.548. The van der Waals surface area contributed by atoms with Crippen LogP contribution in [0.3, 0.4) is 0 Å². The third-order valence-corrected chi connectivity index (χ3v) is 1.80. The Kier molecular flexibility index (Phi) is 3.93. The summed E-state index contributed by atoms with van der Waals surface area (Å²) in [6.45, 7) is 1.94. The Morgan fingerprint density at radius 3 is 2.80 bits per heavy atom. The molecule has 0 saturated carbocycles. The molecule has 5 heteroatoms. The molecule has 0 spiro atoms. The number of carbonyl (C=O) groups excluding carboxylic acids is 1. The van der Waals surface area contributed by atoms with Crippen molar-refractivity contribution in [3.8, 4) is 0 Å². The first kappa shape index (κ1) is 11.3. The third-order valence-electron chi connectivity index (χ3n) is 1.80. The maximum absolute atomic E-state index is 10.8. The van der Waals surface area contributed by atoms with Crippen LogP contribution >= 0.6 is 0 Å². The fraction of sp³-hybridized carbons (Fsp3) is 0.300.